The van der Waals surface area contributed by atoms with Gasteiger partial charge in [0.25, 0.3) is 0 Å². The SMILES string of the molecule is O=C(NCCc1ccccc1)[C@H]1C[C@@H](C(=O)Nc2ccc(F)cc2)CN(Cc2ccc3ccccc3c2)C1. The van der Waals surface area contributed by atoms with Crippen molar-refractivity contribution >= 4 is 28.3 Å². The van der Waals surface area contributed by atoms with Gasteiger partial charge in [-0.25, -0.2) is 4.39 Å². The summed E-state index contributed by atoms with van der Waals surface area (Å²) in [5.74, 6) is -1.19. The van der Waals surface area contributed by atoms with Gasteiger partial charge in [0, 0.05) is 31.9 Å². The lowest BCUT2D eigenvalue weighted by molar-refractivity contribution is -0.130. The van der Waals surface area contributed by atoms with E-state index in [4.69, 9.17) is 0 Å². The molecule has 0 spiro atoms. The van der Waals surface area contributed by atoms with Crippen LogP contribution >= 0.6 is 0 Å². The highest BCUT2D eigenvalue weighted by molar-refractivity contribution is 5.93. The van der Waals surface area contributed by atoms with Gasteiger partial charge in [-0.3, -0.25) is 14.5 Å². The third-order valence-electron chi connectivity index (χ3n) is 7.16. The van der Waals surface area contributed by atoms with Crippen molar-refractivity contribution in [3.63, 3.8) is 0 Å². The topological polar surface area (TPSA) is 61.4 Å². The monoisotopic (exact) mass is 509 g/mol. The lowest BCUT2D eigenvalue weighted by Gasteiger charge is -2.36. The Balaban J connectivity index is 1.28. The Kier molecular flexibility index (Phi) is 8.09. The van der Waals surface area contributed by atoms with Crippen LogP contribution in [0.1, 0.15) is 17.5 Å². The van der Waals surface area contributed by atoms with E-state index in [2.05, 4.69) is 45.9 Å². The second kappa shape index (κ2) is 12.0. The van der Waals surface area contributed by atoms with E-state index in [0.717, 1.165) is 12.0 Å². The number of fused-ring (bicyclic) bond motifs is 1. The normalized spacial score (nSPS) is 17.7. The average Bonchev–Trinajstić information content (AvgIpc) is 2.94. The molecule has 2 N–H and O–H groups in total. The van der Waals surface area contributed by atoms with Gasteiger partial charge in [-0.2, -0.15) is 0 Å². The van der Waals surface area contributed by atoms with Crippen molar-refractivity contribution in [1.82, 2.24) is 10.2 Å². The van der Waals surface area contributed by atoms with Crippen LogP contribution < -0.4 is 10.6 Å². The van der Waals surface area contributed by atoms with Gasteiger partial charge >= 0.3 is 0 Å². The molecule has 0 aliphatic carbocycles. The molecule has 4 aromatic carbocycles. The van der Waals surface area contributed by atoms with Crippen molar-refractivity contribution in [3.8, 4) is 0 Å². The van der Waals surface area contributed by atoms with Crippen LogP contribution in [0.2, 0.25) is 0 Å². The number of anilines is 1. The molecule has 2 amide bonds. The summed E-state index contributed by atoms with van der Waals surface area (Å²) in [5, 5.41) is 8.35. The number of carbonyl (C=O) groups is 2. The Morgan fingerprint density at radius 3 is 2.21 bits per heavy atom. The molecular weight excluding hydrogens is 477 g/mol. The van der Waals surface area contributed by atoms with Crippen LogP contribution in [-0.4, -0.2) is 36.3 Å². The first-order valence-electron chi connectivity index (χ1n) is 13.1. The molecule has 6 heteroatoms. The van der Waals surface area contributed by atoms with Crippen LogP contribution in [-0.2, 0) is 22.6 Å². The molecule has 1 saturated heterocycles. The largest absolute Gasteiger partial charge is 0.355 e. The zero-order valence-corrected chi connectivity index (χ0v) is 21.3. The highest BCUT2D eigenvalue weighted by Gasteiger charge is 2.35. The number of carbonyl (C=O) groups excluding carboxylic acids is 2. The molecule has 1 heterocycles. The Morgan fingerprint density at radius 1 is 0.763 bits per heavy atom. The molecule has 0 aromatic heterocycles. The molecule has 1 aliphatic rings. The lowest BCUT2D eigenvalue weighted by atomic mass is 9.87. The number of hydrogen-bond acceptors (Lipinski definition) is 3. The summed E-state index contributed by atoms with van der Waals surface area (Å²) in [7, 11) is 0. The maximum atomic E-state index is 13.3. The van der Waals surface area contributed by atoms with E-state index in [1.807, 2.05) is 42.5 Å². The Morgan fingerprint density at radius 2 is 1.45 bits per heavy atom. The number of benzene rings is 4. The highest BCUT2D eigenvalue weighted by atomic mass is 19.1. The minimum atomic E-state index is -0.362. The van der Waals surface area contributed by atoms with Crippen LogP contribution in [0.15, 0.2) is 97.1 Å². The molecule has 0 radical (unpaired) electrons. The number of piperidine rings is 1. The predicted octanol–water partition coefficient (Wildman–Crippen LogP) is 5.41. The average molecular weight is 510 g/mol. The van der Waals surface area contributed by atoms with E-state index in [0.29, 0.717) is 38.3 Å². The molecule has 194 valence electrons. The number of halogens is 1. The summed E-state index contributed by atoms with van der Waals surface area (Å²) in [5.41, 5.74) is 2.87. The summed E-state index contributed by atoms with van der Waals surface area (Å²) in [6.07, 6.45) is 1.23. The Hall–Kier alpha value is -4.03. The van der Waals surface area contributed by atoms with E-state index in [9.17, 15) is 14.0 Å². The van der Waals surface area contributed by atoms with Gasteiger partial charge in [0.05, 0.1) is 11.8 Å². The van der Waals surface area contributed by atoms with Gasteiger partial charge in [0.15, 0.2) is 0 Å². The number of hydrogen-bond donors (Lipinski definition) is 2. The van der Waals surface area contributed by atoms with Gasteiger partial charge in [0.2, 0.25) is 11.8 Å². The molecule has 1 fully saturated rings. The van der Waals surface area contributed by atoms with Crippen LogP contribution in [0.4, 0.5) is 10.1 Å². The second-order valence-electron chi connectivity index (χ2n) is 10.0. The number of nitrogens with one attached hydrogen (secondary N) is 2. The van der Waals surface area contributed by atoms with Crippen LogP contribution in [0.5, 0.6) is 0 Å². The fourth-order valence-corrected chi connectivity index (χ4v) is 5.19. The maximum absolute atomic E-state index is 13.3. The standard InChI is InChI=1S/C32H32FN3O2/c33-29-12-14-30(15-13-29)35-32(38)28-19-27(31(37)34-17-16-23-6-2-1-3-7-23)21-36(22-28)20-24-10-11-25-8-4-5-9-26(25)18-24/h1-15,18,27-28H,16-17,19-22H2,(H,34,37)(H,35,38)/t27-,28+/m0/s1. The Labute approximate surface area is 222 Å². The molecule has 5 nitrogen and oxygen atoms in total. The summed E-state index contributed by atoms with van der Waals surface area (Å²) < 4.78 is 13.3. The zero-order valence-electron chi connectivity index (χ0n) is 21.3. The summed E-state index contributed by atoms with van der Waals surface area (Å²) in [4.78, 5) is 28.6. The van der Waals surface area contributed by atoms with Gasteiger partial charge in [0.1, 0.15) is 5.82 Å². The second-order valence-corrected chi connectivity index (χ2v) is 10.0. The number of amides is 2. The fraction of sp³-hybridized carbons (Fsp3) is 0.250. The molecule has 0 bridgehead atoms. The van der Waals surface area contributed by atoms with Gasteiger partial charge in [-0.05, 0) is 65.1 Å². The van der Waals surface area contributed by atoms with Crippen LogP contribution in [0.3, 0.4) is 0 Å². The predicted molar refractivity (Wildman–Crippen MR) is 149 cm³/mol. The van der Waals surface area contributed by atoms with E-state index < -0.39 is 0 Å². The first-order valence-corrected chi connectivity index (χ1v) is 13.1. The van der Waals surface area contributed by atoms with E-state index in [-0.39, 0.29) is 29.5 Å². The maximum Gasteiger partial charge on any atom is 0.228 e. The number of likely N-dealkylation sites (tertiary alicyclic amines) is 1. The Bertz CT molecular complexity index is 1390. The van der Waals surface area contributed by atoms with E-state index >= 15 is 0 Å². The highest BCUT2D eigenvalue weighted by Crippen LogP contribution is 2.26. The quantitative estimate of drug-likeness (QED) is 0.334. The third-order valence-corrected chi connectivity index (χ3v) is 7.16. The molecule has 0 saturated carbocycles. The number of rotatable bonds is 8. The molecule has 4 aromatic rings. The van der Waals surface area contributed by atoms with Crippen molar-refractivity contribution in [2.45, 2.75) is 19.4 Å². The van der Waals surface area contributed by atoms with Gasteiger partial charge in [-0.1, -0.05) is 66.7 Å². The minimum Gasteiger partial charge on any atom is -0.355 e. The van der Waals surface area contributed by atoms with Crippen molar-refractivity contribution in [3.05, 3.63) is 114 Å². The first kappa shape index (κ1) is 25.6. The molecule has 0 unspecified atom stereocenters. The molecule has 38 heavy (non-hydrogen) atoms. The van der Waals surface area contributed by atoms with Gasteiger partial charge < -0.3 is 10.6 Å². The summed E-state index contributed by atoms with van der Waals surface area (Å²) in [6.45, 7) is 2.34. The van der Waals surface area contributed by atoms with Crippen molar-refractivity contribution < 1.29 is 14.0 Å². The lowest BCUT2D eigenvalue weighted by Crippen LogP contribution is -2.49. The third kappa shape index (κ3) is 6.64. The smallest absolute Gasteiger partial charge is 0.228 e. The minimum absolute atomic E-state index is 0.0243. The number of nitrogens with zero attached hydrogens (tertiary/aromatic N) is 1. The van der Waals surface area contributed by atoms with Crippen molar-refractivity contribution in [2.75, 3.05) is 25.0 Å². The molecule has 5 rings (SSSR count). The zero-order chi connectivity index (χ0) is 26.3. The van der Waals surface area contributed by atoms with Crippen LogP contribution in [0, 0.1) is 17.7 Å². The summed E-state index contributed by atoms with van der Waals surface area (Å²) in [6, 6.07) is 30.4. The fourth-order valence-electron chi connectivity index (χ4n) is 5.19. The first-order chi connectivity index (χ1) is 18.5. The molecule has 2 atom stereocenters. The molecular formula is C32H32FN3O2. The molecule has 1 aliphatic heterocycles. The van der Waals surface area contributed by atoms with Crippen molar-refractivity contribution in [1.29, 1.82) is 0 Å². The van der Waals surface area contributed by atoms with Gasteiger partial charge in [-0.15, -0.1) is 0 Å². The van der Waals surface area contributed by atoms with Crippen LogP contribution in [0.25, 0.3) is 10.8 Å². The van der Waals surface area contributed by atoms with Crippen molar-refractivity contribution in [2.24, 2.45) is 11.8 Å². The van der Waals surface area contributed by atoms with E-state index in [1.54, 1.807) is 12.1 Å². The summed E-state index contributed by atoms with van der Waals surface area (Å²) >= 11 is 0. The van der Waals surface area contributed by atoms with E-state index in [1.165, 1.54) is 28.5 Å².